The van der Waals surface area contributed by atoms with Gasteiger partial charge in [-0.2, -0.15) is 8.42 Å². The van der Waals surface area contributed by atoms with Gasteiger partial charge in [-0.1, -0.05) is 0 Å². The van der Waals surface area contributed by atoms with Gasteiger partial charge in [-0.05, 0) is 0 Å². The Morgan fingerprint density at radius 1 is 1.38 bits per heavy atom. The summed E-state index contributed by atoms with van der Waals surface area (Å²) >= 11 is 0. The molecule has 0 fully saturated rings. The highest BCUT2D eigenvalue weighted by molar-refractivity contribution is 8.46. The fourth-order valence-electron chi connectivity index (χ4n) is 0. The summed E-state index contributed by atoms with van der Waals surface area (Å²) in [6.45, 7) is -6.32. The molecule has 0 heterocycles. The van der Waals surface area contributed by atoms with Crippen LogP contribution in [0.15, 0.2) is 0 Å². The van der Waals surface area contributed by atoms with Crippen LogP contribution in [0.1, 0.15) is 0 Å². The molecule has 0 saturated carbocycles. The molecule has 0 bridgehead atoms. The molecule has 0 aliphatic rings. The van der Waals surface area contributed by atoms with Crippen LogP contribution in [0.3, 0.4) is 0 Å². The van der Waals surface area contributed by atoms with Gasteiger partial charge in [-0.3, -0.25) is 4.55 Å². The lowest BCUT2D eigenvalue weighted by Gasteiger charge is -1.87. The van der Waals surface area contributed by atoms with Gasteiger partial charge in [0, 0.05) is 0 Å². The van der Waals surface area contributed by atoms with Gasteiger partial charge in [-0.25, -0.2) is 4.57 Å². The molecule has 4 nitrogen and oxygen atoms in total. The Balaban J connectivity index is 4.84. The zero-order valence-electron chi connectivity index (χ0n) is 3.28. The first-order valence-corrected chi connectivity index (χ1v) is 4.75. The summed E-state index contributed by atoms with van der Waals surface area (Å²) in [7, 11) is -5.62. The normalized spacial score (nSPS) is 13.9. The second kappa shape index (κ2) is 1.75. The van der Waals surface area contributed by atoms with Crippen molar-refractivity contribution in [2.75, 3.05) is 0 Å². The van der Waals surface area contributed by atoms with Crippen molar-refractivity contribution in [3.05, 3.63) is 0 Å². The van der Waals surface area contributed by atoms with Crippen LogP contribution >= 0.6 is 6.97 Å². The predicted molar refractivity (Wildman–Crippen MR) is 21.4 cm³/mol. The molecule has 0 aromatic rings. The molecule has 8 heavy (non-hydrogen) atoms. The molecule has 0 unspecified atom stereocenters. The van der Waals surface area contributed by atoms with E-state index in [0.717, 1.165) is 0 Å². The van der Waals surface area contributed by atoms with Gasteiger partial charge in [0.15, 0.2) is 0 Å². The topological polar surface area (TPSA) is 71.4 Å². The standard InChI is InChI=1S/F2HO4PS/c1-7(2,3)8(4,5)6/h(H,4,5,6). The van der Waals surface area contributed by atoms with Crippen molar-refractivity contribution < 1.29 is 25.9 Å². The zero-order chi connectivity index (χ0) is 7.00. The minimum absolute atomic E-state index is 5.62. The van der Waals surface area contributed by atoms with Crippen LogP contribution in [-0.4, -0.2) is 13.0 Å². The quantitative estimate of drug-likeness (QED) is 0.464. The Kier molecular flexibility index (Phi) is 1.75. The van der Waals surface area contributed by atoms with Gasteiger partial charge < -0.3 is 0 Å². The largest absolute Gasteiger partial charge is 0.543 e. The predicted octanol–water partition coefficient (Wildman–Crippen LogP) is 0.921. The van der Waals surface area contributed by atoms with Crippen molar-refractivity contribution in [3.63, 3.8) is 0 Å². The molecule has 8 heteroatoms. The third-order valence-corrected chi connectivity index (χ3v) is 2.42. The van der Waals surface area contributed by atoms with Crippen LogP contribution in [-0.2, 0) is 14.3 Å². The molecule has 0 aliphatic carbocycles. The molecule has 0 aromatic carbocycles. The summed E-state index contributed by atoms with van der Waals surface area (Å²) in [6, 6.07) is 0. The van der Waals surface area contributed by atoms with Gasteiger partial charge in [0.05, 0.1) is 0 Å². The van der Waals surface area contributed by atoms with E-state index in [0.29, 0.717) is 0 Å². The van der Waals surface area contributed by atoms with Crippen molar-refractivity contribution in [3.8, 4) is 0 Å². The molecular formula is HF2O4PS. The van der Waals surface area contributed by atoms with E-state index >= 15 is 0 Å². The molecule has 0 rings (SSSR count). The first-order valence-electron chi connectivity index (χ1n) is 1.22. The zero-order valence-corrected chi connectivity index (χ0v) is 4.99. The molecule has 0 radical (unpaired) electrons. The van der Waals surface area contributed by atoms with Crippen LogP contribution < -0.4 is 0 Å². The first kappa shape index (κ1) is 8.00. The lowest BCUT2D eigenvalue weighted by molar-refractivity contribution is 0.465. The Labute approximate surface area is 43.6 Å². The van der Waals surface area contributed by atoms with Crippen molar-refractivity contribution >= 4 is 16.7 Å². The van der Waals surface area contributed by atoms with Crippen LogP contribution in [0.4, 0.5) is 8.39 Å². The highest BCUT2D eigenvalue weighted by Gasteiger charge is 2.36. The molecule has 0 atom stereocenters. The summed E-state index contributed by atoms with van der Waals surface area (Å²) in [4.78, 5) is 0. The third kappa shape index (κ3) is 1.85. The average molecular weight is 166 g/mol. The molecule has 0 saturated heterocycles. The molecule has 0 aliphatic heterocycles. The Hall–Kier alpha value is -0.0000000000000000763. The summed E-state index contributed by atoms with van der Waals surface area (Å²) in [5.41, 5.74) is 0. The van der Waals surface area contributed by atoms with Crippen LogP contribution in [0.25, 0.3) is 0 Å². The van der Waals surface area contributed by atoms with Crippen LogP contribution in [0, 0.1) is 0 Å². The van der Waals surface area contributed by atoms with E-state index < -0.39 is 16.7 Å². The van der Waals surface area contributed by atoms with Gasteiger partial charge in [0.2, 0.25) is 0 Å². The fourth-order valence-corrected chi connectivity index (χ4v) is 0. The lowest BCUT2D eigenvalue weighted by atomic mass is 15.9. The minimum atomic E-state index is -6.32. The Bertz CT molecular complexity index is 208. The smallest absolute Gasteiger partial charge is 0.276 e. The van der Waals surface area contributed by atoms with Crippen molar-refractivity contribution in [2.45, 2.75) is 0 Å². The lowest BCUT2D eigenvalue weighted by Crippen LogP contribution is -1.89. The van der Waals surface area contributed by atoms with E-state index in [2.05, 4.69) is 0 Å². The summed E-state index contributed by atoms with van der Waals surface area (Å²) in [5.74, 6) is 0. The number of hydrogen-bond donors (Lipinski definition) is 1. The summed E-state index contributed by atoms with van der Waals surface area (Å²) in [5, 5.41) is 0. The van der Waals surface area contributed by atoms with Crippen molar-refractivity contribution in [2.24, 2.45) is 0 Å². The van der Waals surface area contributed by atoms with Gasteiger partial charge in [0.1, 0.15) is 0 Å². The summed E-state index contributed by atoms with van der Waals surface area (Å²) < 4.78 is 56.7. The van der Waals surface area contributed by atoms with Crippen LogP contribution in [0.5, 0.6) is 0 Å². The number of rotatable bonds is 1. The maximum Gasteiger partial charge on any atom is 0.543 e. The molecule has 1 N–H and O–H groups in total. The second-order valence-electron chi connectivity index (χ2n) is 0.862. The van der Waals surface area contributed by atoms with Gasteiger partial charge >= 0.3 is 16.7 Å². The minimum Gasteiger partial charge on any atom is -0.276 e. The monoisotopic (exact) mass is 166 g/mol. The number of halogens is 2. The fraction of sp³-hybridized carbons (Fsp3) is 0. The highest BCUT2D eigenvalue weighted by atomic mass is 32.8. The SMILES string of the molecule is O=P(F)(F)S(=O)(=O)O. The summed E-state index contributed by atoms with van der Waals surface area (Å²) in [6.07, 6.45) is 0. The molecule has 0 spiro atoms. The molecule has 50 valence electrons. The first-order chi connectivity index (χ1) is 3.25. The second-order valence-corrected chi connectivity index (χ2v) is 5.25. The maximum atomic E-state index is 10.9. The molecule has 0 aromatic heterocycles. The van der Waals surface area contributed by atoms with Gasteiger partial charge in [-0.15, -0.1) is 8.39 Å². The van der Waals surface area contributed by atoms with E-state index in [1.807, 2.05) is 0 Å². The average Bonchev–Trinajstić information content (AvgIpc) is 1.25. The van der Waals surface area contributed by atoms with E-state index in [4.69, 9.17) is 9.12 Å². The third-order valence-electron chi connectivity index (χ3n) is 0.269. The van der Waals surface area contributed by atoms with E-state index in [1.54, 1.807) is 0 Å². The van der Waals surface area contributed by atoms with E-state index in [1.165, 1.54) is 0 Å². The van der Waals surface area contributed by atoms with E-state index in [-0.39, 0.29) is 0 Å². The van der Waals surface area contributed by atoms with Crippen molar-refractivity contribution in [1.29, 1.82) is 0 Å². The number of hydrogen-bond acceptors (Lipinski definition) is 3. The molecular weight excluding hydrogens is 165 g/mol. The van der Waals surface area contributed by atoms with Gasteiger partial charge in [0.25, 0.3) is 0 Å². The Morgan fingerprint density at radius 2 is 1.50 bits per heavy atom. The highest BCUT2D eigenvalue weighted by Crippen LogP contribution is 2.54. The maximum absolute atomic E-state index is 10.9. The Morgan fingerprint density at radius 3 is 1.50 bits per heavy atom. The van der Waals surface area contributed by atoms with E-state index in [9.17, 15) is 16.8 Å². The molecule has 0 amide bonds. The van der Waals surface area contributed by atoms with Crippen molar-refractivity contribution in [1.82, 2.24) is 0 Å². The van der Waals surface area contributed by atoms with Crippen LogP contribution in [0.2, 0.25) is 0 Å².